The summed E-state index contributed by atoms with van der Waals surface area (Å²) >= 11 is 0. The number of aliphatic hydroxyl groups is 2. The molecular formula is C65H78F2N6O16. The van der Waals surface area contributed by atoms with Crippen molar-refractivity contribution in [2.75, 3.05) is 83.1 Å². The lowest BCUT2D eigenvalue weighted by Crippen LogP contribution is -2.61. The van der Waals surface area contributed by atoms with Crippen LogP contribution in [0, 0.1) is 40.7 Å². The number of nitrogens with one attached hydrogen (secondary N) is 2. The molecule has 89 heavy (non-hydrogen) atoms. The lowest BCUT2D eigenvalue weighted by molar-refractivity contribution is -0.181. The molecule has 0 radical (unpaired) electrons. The Morgan fingerprint density at radius 1 is 0.719 bits per heavy atom. The number of ether oxygens (including phenoxy) is 6. The van der Waals surface area contributed by atoms with Crippen LogP contribution in [0.1, 0.15) is 137 Å². The maximum absolute atomic E-state index is 16.3. The highest BCUT2D eigenvalue weighted by Gasteiger charge is 2.64. The number of aliphatic hydroxyl groups excluding tert-OH is 1. The molecule has 6 aliphatic carbocycles. The molecule has 4 aromatic rings. The van der Waals surface area contributed by atoms with Crippen molar-refractivity contribution in [3.63, 3.8) is 0 Å². The van der Waals surface area contributed by atoms with E-state index in [-0.39, 0.29) is 87.8 Å². The zero-order valence-corrected chi connectivity index (χ0v) is 50.9. The average molecular weight is 1240 g/mol. The average Bonchev–Trinajstić information content (AvgIpc) is 1.71. The second-order valence-electron chi connectivity index (χ2n) is 26.1. The quantitative estimate of drug-likeness (QED) is 0.0663. The summed E-state index contributed by atoms with van der Waals surface area (Å²) in [6.45, 7) is 6.66. The van der Waals surface area contributed by atoms with E-state index in [1.54, 1.807) is 15.2 Å². The molecule has 0 bridgehead atoms. The monoisotopic (exact) mass is 1240 g/mol. The number of Topliss-reactive ketones (excluding diaryl/α,β-unsaturated/α-hetero) is 1. The van der Waals surface area contributed by atoms with Gasteiger partial charge in [-0.15, -0.1) is 0 Å². The SMILES string of the molecule is COc1c(N2CCNC(C)C2)c(F)cc2c(=O)c(C(=O)OCC(COC(=O)c3cn(C4CC4)c4c(OC)c(N5CCNC(C)C5)c(F)cc4c3=O)OC(=O)CCC(=O)OCC(=O)C3CCC4C5CCC6=CC(=O)CCC6(C)C5C(O)CC34O)cn(C3CC3)c12. The minimum absolute atomic E-state index is 0.0324. The van der Waals surface area contributed by atoms with Crippen molar-refractivity contribution in [2.45, 2.75) is 146 Å². The topological polar surface area (TPSA) is 273 Å². The van der Waals surface area contributed by atoms with Gasteiger partial charge in [-0.3, -0.25) is 28.8 Å². The zero-order valence-electron chi connectivity index (χ0n) is 50.9. The second kappa shape index (κ2) is 24.5. The van der Waals surface area contributed by atoms with Gasteiger partial charge in [-0.05, 0) is 113 Å². The van der Waals surface area contributed by atoms with Crippen molar-refractivity contribution >= 4 is 68.6 Å². The van der Waals surface area contributed by atoms with Gasteiger partial charge in [-0.25, -0.2) is 18.4 Å². The van der Waals surface area contributed by atoms with Gasteiger partial charge in [0.2, 0.25) is 10.9 Å². The molecule has 0 spiro atoms. The van der Waals surface area contributed by atoms with Gasteiger partial charge in [0.15, 0.2) is 40.8 Å². The van der Waals surface area contributed by atoms with Gasteiger partial charge in [0.25, 0.3) is 0 Å². The van der Waals surface area contributed by atoms with E-state index in [4.69, 9.17) is 28.4 Å². The predicted octanol–water partition coefficient (Wildman–Crippen LogP) is 5.54. The molecule has 2 aliphatic heterocycles. The maximum Gasteiger partial charge on any atom is 0.343 e. The normalized spacial score (nSPS) is 27.9. The molecule has 12 rings (SSSR count). The number of fused-ring (bicyclic) bond motifs is 7. The number of aromatic nitrogens is 2. The number of ketones is 2. The molecule has 2 saturated heterocycles. The predicted molar refractivity (Wildman–Crippen MR) is 319 cm³/mol. The lowest BCUT2D eigenvalue weighted by Gasteiger charge is -2.59. The Bertz CT molecular complexity index is 3550. The molecule has 4 N–H and O–H groups in total. The number of methoxy groups -OCH3 is 2. The zero-order chi connectivity index (χ0) is 63.0. The standard InChI is InChI=1S/C65H78F2N6O16/c1-33-26-70(20-18-68-33)56-47(66)23-41-54(60(56)84-4)72(36-7-8-36)28-43(58(41)79)62(81)87-30-39(31-88-63(82)44-29-73(37-9-10-37)55-42(59(44)80)24-48(67)57(61(55)85-5)71-21-19-69-34(2)27-71)89-52(78)15-14-51(77)86-32-50(76)46-13-12-45-40-11-6-35-22-38(74)16-17-64(35,3)53(40)49(75)25-65(45,46)83/h22-24,28-29,33-34,36-37,39-40,45-46,49,53,68-69,75,83H,6-21,25-27,30-32H2,1-5H3. The molecule has 9 atom stereocenters. The Labute approximate surface area is 512 Å². The molecule has 4 heterocycles. The third kappa shape index (κ3) is 11.6. The van der Waals surface area contributed by atoms with E-state index in [1.807, 2.05) is 23.6 Å². The van der Waals surface area contributed by atoms with Crippen molar-refractivity contribution in [1.29, 1.82) is 0 Å². The summed E-state index contributed by atoms with van der Waals surface area (Å²) in [7, 11) is 2.77. The fourth-order valence-electron chi connectivity index (χ4n) is 15.8. The van der Waals surface area contributed by atoms with Crippen LogP contribution < -0.4 is 40.8 Å². The minimum atomic E-state index is -1.63. The summed E-state index contributed by atoms with van der Waals surface area (Å²) in [5, 5.41) is 30.3. The van der Waals surface area contributed by atoms with Crippen molar-refractivity contribution < 1.29 is 76.2 Å². The Kier molecular flexibility index (Phi) is 17.0. The number of carbonyl (C=O) groups excluding carboxylic acids is 6. The summed E-state index contributed by atoms with van der Waals surface area (Å²) in [5.74, 6) is -7.56. The molecule has 2 aromatic carbocycles. The smallest absolute Gasteiger partial charge is 0.343 e. The number of carbonyl (C=O) groups is 6. The largest absolute Gasteiger partial charge is 0.492 e. The first-order chi connectivity index (χ1) is 42.6. The molecule has 22 nitrogen and oxygen atoms in total. The van der Waals surface area contributed by atoms with Crippen molar-refractivity contribution in [2.24, 2.45) is 29.1 Å². The first-order valence-electron chi connectivity index (χ1n) is 31.4. The second-order valence-corrected chi connectivity index (χ2v) is 26.1. The number of anilines is 2. The maximum atomic E-state index is 16.3. The van der Waals surface area contributed by atoms with Crippen LogP contribution in [0.25, 0.3) is 21.8 Å². The van der Waals surface area contributed by atoms with Gasteiger partial charge in [0.05, 0.1) is 66.5 Å². The van der Waals surface area contributed by atoms with E-state index in [0.29, 0.717) is 115 Å². The Hall–Kier alpha value is -7.28. The number of pyridine rings is 2. The van der Waals surface area contributed by atoms with E-state index in [9.17, 15) is 48.6 Å². The number of esters is 4. The number of hydrogen-bond acceptors (Lipinski definition) is 20. The number of piperazine rings is 2. The van der Waals surface area contributed by atoms with Gasteiger partial charge in [-0.1, -0.05) is 12.5 Å². The highest BCUT2D eigenvalue weighted by Crippen LogP contribution is 2.64. The third-order valence-electron chi connectivity index (χ3n) is 20.3. The number of benzene rings is 2. The highest BCUT2D eigenvalue weighted by molar-refractivity contribution is 5.99. The first kappa shape index (κ1) is 61.9. The first-order valence-corrected chi connectivity index (χ1v) is 31.4. The van der Waals surface area contributed by atoms with Crippen LogP contribution in [0.2, 0.25) is 0 Å². The van der Waals surface area contributed by atoms with Gasteiger partial charge in [-0.2, -0.15) is 0 Å². The molecule has 7 fully saturated rings. The Morgan fingerprint density at radius 2 is 1.25 bits per heavy atom. The van der Waals surface area contributed by atoms with Crippen LogP contribution in [-0.4, -0.2) is 158 Å². The Morgan fingerprint density at radius 3 is 1.75 bits per heavy atom. The van der Waals surface area contributed by atoms with E-state index >= 15 is 8.78 Å². The van der Waals surface area contributed by atoms with Crippen LogP contribution in [0.5, 0.6) is 11.5 Å². The summed E-state index contributed by atoms with van der Waals surface area (Å²) in [5.41, 5.74) is -2.66. The van der Waals surface area contributed by atoms with Gasteiger partial charge >= 0.3 is 23.9 Å². The van der Waals surface area contributed by atoms with Crippen molar-refractivity contribution in [1.82, 2.24) is 19.8 Å². The summed E-state index contributed by atoms with van der Waals surface area (Å²) in [6.07, 6.45) is 6.41. The van der Waals surface area contributed by atoms with Crippen LogP contribution in [0.15, 0.2) is 45.8 Å². The molecule has 9 unspecified atom stereocenters. The lowest BCUT2D eigenvalue weighted by atomic mass is 9.48. The molecule has 2 aromatic heterocycles. The number of hydrogen-bond donors (Lipinski definition) is 4. The fourth-order valence-corrected chi connectivity index (χ4v) is 15.8. The molecule has 24 heteroatoms. The summed E-state index contributed by atoms with van der Waals surface area (Å²) in [4.78, 5) is 114. The van der Waals surface area contributed by atoms with Crippen molar-refractivity contribution in [3.05, 3.63) is 79.4 Å². The molecule has 0 amide bonds. The molecule has 8 aliphatic rings. The van der Waals surface area contributed by atoms with E-state index in [1.165, 1.54) is 26.6 Å². The molecule has 5 saturated carbocycles. The van der Waals surface area contributed by atoms with Crippen LogP contribution in [0.3, 0.4) is 0 Å². The van der Waals surface area contributed by atoms with Gasteiger partial charge in [0.1, 0.15) is 42.3 Å². The number of rotatable bonds is 19. The number of allylic oxidation sites excluding steroid dienone is 1. The highest BCUT2D eigenvalue weighted by atomic mass is 19.1. The van der Waals surface area contributed by atoms with Crippen molar-refractivity contribution in [3.8, 4) is 11.5 Å². The third-order valence-corrected chi connectivity index (χ3v) is 20.3. The van der Waals surface area contributed by atoms with Crippen LogP contribution in [-0.2, 0) is 38.1 Å². The fraction of sp³-hybridized carbons (Fsp3) is 0.600. The number of halogens is 2. The minimum Gasteiger partial charge on any atom is -0.492 e. The molecular weight excluding hydrogens is 1160 g/mol. The van der Waals surface area contributed by atoms with E-state index in [0.717, 1.165) is 17.7 Å². The van der Waals surface area contributed by atoms with E-state index < -0.39 is 125 Å². The van der Waals surface area contributed by atoms with E-state index in [2.05, 4.69) is 17.6 Å². The van der Waals surface area contributed by atoms with Crippen LogP contribution in [0.4, 0.5) is 20.2 Å². The summed E-state index contributed by atoms with van der Waals surface area (Å²) in [6, 6.07) is 1.88. The van der Waals surface area contributed by atoms with Gasteiger partial charge in [0, 0.05) is 88.7 Å². The number of nitrogens with zero attached hydrogens (tertiary/aromatic N) is 4. The van der Waals surface area contributed by atoms with Gasteiger partial charge < -0.3 is 68.2 Å². The molecule has 478 valence electrons. The summed E-state index contributed by atoms with van der Waals surface area (Å²) < 4.78 is 70.1. The van der Waals surface area contributed by atoms with Crippen LogP contribution >= 0.6 is 0 Å². The Balaban J connectivity index is 0.758.